The number of rotatable bonds is 0. The third kappa shape index (κ3) is 1.19. The van der Waals surface area contributed by atoms with E-state index in [0.717, 1.165) is 6.08 Å². The molecule has 2 heterocycles. The second-order valence-electron chi connectivity index (χ2n) is 7.02. The molecule has 2 saturated heterocycles. The van der Waals surface area contributed by atoms with Crippen molar-refractivity contribution in [2.75, 3.05) is 0 Å². The lowest BCUT2D eigenvalue weighted by atomic mass is 9.39. The van der Waals surface area contributed by atoms with Crippen LogP contribution in [0.3, 0.4) is 0 Å². The molecule has 2 aliphatic heterocycles. The Bertz CT molecular complexity index is 881. The number of carbonyl (C=O) groups is 4. The van der Waals surface area contributed by atoms with Crippen LogP contribution in [0.5, 0.6) is 0 Å². The standard InChI is InChI=1S/C14H7Cl4FN2O4/c15-11-2-1-3(19)5-6(4(2)12(11,16)8(23)20-7(11)22)14(18)10(25)21-9(24)13(5,14)17/h1-2,4-6H,(H,20,22,23)(H,21,24,25). The number of alkyl halides is 4. The molecule has 8 atom stereocenters. The van der Waals surface area contributed by atoms with Gasteiger partial charge in [-0.1, -0.05) is 0 Å². The van der Waals surface area contributed by atoms with Gasteiger partial charge in [0, 0.05) is 23.7 Å². The van der Waals surface area contributed by atoms with E-state index in [0.29, 0.717) is 0 Å². The largest absolute Gasteiger partial charge is 0.293 e. The molecule has 2 saturated carbocycles. The van der Waals surface area contributed by atoms with Crippen LogP contribution < -0.4 is 10.6 Å². The van der Waals surface area contributed by atoms with E-state index in [1.54, 1.807) is 0 Å². The SMILES string of the molecule is O=C1NC(=O)C2(Cl)C3C(C=C(F)C4C3C3(Cl)C(=O)NC(=O)C43Cl)C12Cl. The maximum Gasteiger partial charge on any atom is 0.250 e. The molecule has 5 rings (SSSR count). The van der Waals surface area contributed by atoms with Gasteiger partial charge < -0.3 is 0 Å². The third-order valence-corrected chi connectivity index (χ3v) is 9.47. The highest BCUT2D eigenvalue weighted by Gasteiger charge is 2.93. The van der Waals surface area contributed by atoms with E-state index in [4.69, 9.17) is 46.4 Å². The summed E-state index contributed by atoms with van der Waals surface area (Å²) in [5, 5.41) is 4.07. The van der Waals surface area contributed by atoms with Crippen LogP contribution in [-0.4, -0.2) is 43.1 Å². The molecule has 11 heteroatoms. The van der Waals surface area contributed by atoms with Crippen molar-refractivity contribution in [3.63, 3.8) is 0 Å². The maximum absolute atomic E-state index is 14.8. The lowest BCUT2D eigenvalue weighted by Crippen LogP contribution is -2.84. The average Bonchev–Trinajstić information content (AvgIpc) is 2.78. The Hall–Kier alpha value is -0.890. The lowest BCUT2D eigenvalue weighted by molar-refractivity contribution is -0.151. The summed E-state index contributed by atoms with van der Waals surface area (Å²) in [6.45, 7) is 0. The Morgan fingerprint density at radius 1 is 0.760 bits per heavy atom. The quantitative estimate of drug-likeness (QED) is 0.436. The Morgan fingerprint density at radius 3 is 1.76 bits per heavy atom. The number of amides is 4. The highest BCUT2D eigenvalue weighted by atomic mass is 35.5. The average molecular weight is 428 g/mol. The summed E-state index contributed by atoms with van der Waals surface area (Å²) in [7, 11) is 0. The van der Waals surface area contributed by atoms with E-state index in [-0.39, 0.29) is 0 Å². The van der Waals surface area contributed by atoms with Crippen molar-refractivity contribution in [3.05, 3.63) is 11.9 Å². The molecule has 5 aliphatic rings. The van der Waals surface area contributed by atoms with E-state index >= 15 is 0 Å². The van der Waals surface area contributed by atoms with Crippen molar-refractivity contribution in [1.29, 1.82) is 0 Å². The van der Waals surface area contributed by atoms with E-state index in [2.05, 4.69) is 5.32 Å². The number of fused-ring (bicyclic) bond motifs is 9. The highest BCUT2D eigenvalue weighted by molar-refractivity contribution is 6.57. The normalized spacial score (nSPS) is 58.0. The molecule has 0 bridgehead atoms. The number of nitrogens with one attached hydrogen (secondary N) is 2. The molecule has 25 heavy (non-hydrogen) atoms. The summed E-state index contributed by atoms with van der Waals surface area (Å²) in [6.07, 6.45) is 1.06. The van der Waals surface area contributed by atoms with E-state index in [1.165, 1.54) is 0 Å². The maximum atomic E-state index is 14.8. The van der Waals surface area contributed by atoms with Crippen LogP contribution in [0.15, 0.2) is 11.9 Å². The second-order valence-corrected chi connectivity index (χ2v) is 9.40. The van der Waals surface area contributed by atoms with Gasteiger partial charge in [-0.2, -0.15) is 0 Å². The summed E-state index contributed by atoms with van der Waals surface area (Å²) in [5.41, 5.74) is 0. The molecule has 3 aliphatic carbocycles. The summed E-state index contributed by atoms with van der Waals surface area (Å²) >= 11 is 25.5. The Labute approximate surface area is 159 Å². The van der Waals surface area contributed by atoms with Crippen molar-refractivity contribution in [2.45, 2.75) is 19.5 Å². The minimum absolute atomic E-state index is 0.798. The second kappa shape index (κ2) is 4.01. The molecular weight excluding hydrogens is 421 g/mol. The zero-order chi connectivity index (χ0) is 18.3. The number of halogens is 5. The summed E-state index contributed by atoms with van der Waals surface area (Å²) in [4.78, 5) is 41.1. The molecule has 4 fully saturated rings. The molecule has 4 amide bonds. The van der Waals surface area contributed by atoms with Crippen LogP contribution >= 0.6 is 46.4 Å². The summed E-state index contributed by atoms with van der Waals surface area (Å²) in [6, 6.07) is 0. The third-order valence-electron chi connectivity index (χ3n) is 6.41. The van der Waals surface area contributed by atoms with Gasteiger partial charge in [-0.05, 0) is 6.08 Å². The van der Waals surface area contributed by atoms with Crippen LogP contribution in [0, 0.1) is 23.7 Å². The Kier molecular flexibility index (Phi) is 2.61. The van der Waals surface area contributed by atoms with E-state index in [9.17, 15) is 23.6 Å². The van der Waals surface area contributed by atoms with E-state index in [1.807, 2.05) is 5.32 Å². The highest BCUT2D eigenvalue weighted by Crippen LogP contribution is 2.78. The molecular formula is C14H7Cl4FN2O4. The van der Waals surface area contributed by atoms with Crippen molar-refractivity contribution in [3.8, 4) is 0 Å². The van der Waals surface area contributed by atoms with Crippen LogP contribution in [0.2, 0.25) is 0 Å². The molecule has 132 valence electrons. The molecule has 2 N–H and O–H groups in total. The van der Waals surface area contributed by atoms with Gasteiger partial charge in [0.15, 0.2) is 19.5 Å². The van der Waals surface area contributed by atoms with Gasteiger partial charge in [0.2, 0.25) is 0 Å². The van der Waals surface area contributed by atoms with Gasteiger partial charge in [0.25, 0.3) is 23.6 Å². The molecule has 0 aromatic heterocycles. The fourth-order valence-corrected chi connectivity index (χ4v) is 7.34. The Morgan fingerprint density at radius 2 is 1.20 bits per heavy atom. The van der Waals surface area contributed by atoms with Gasteiger partial charge in [-0.15, -0.1) is 46.4 Å². The molecule has 0 aromatic carbocycles. The first-order chi connectivity index (χ1) is 11.5. The smallest absolute Gasteiger partial charge is 0.250 e. The first-order valence-corrected chi connectivity index (χ1v) is 8.84. The van der Waals surface area contributed by atoms with Gasteiger partial charge in [-0.3, -0.25) is 29.8 Å². The fraction of sp³-hybridized carbons (Fsp3) is 0.571. The lowest BCUT2D eigenvalue weighted by Gasteiger charge is -2.69. The number of hydrogen-bond donors (Lipinski definition) is 2. The fourth-order valence-electron chi connectivity index (χ4n) is 5.34. The topological polar surface area (TPSA) is 92.3 Å². The van der Waals surface area contributed by atoms with Gasteiger partial charge in [0.1, 0.15) is 5.83 Å². The molecule has 0 aromatic rings. The van der Waals surface area contributed by atoms with Crippen molar-refractivity contribution in [2.24, 2.45) is 23.7 Å². The van der Waals surface area contributed by atoms with Crippen LogP contribution in [0.25, 0.3) is 0 Å². The number of hydrogen-bond acceptors (Lipinski definition) is 4. The predicted molar refractivity (Wildman–Crippen MR) is 83.8 cm³/mol. The zero-order valence-electron chi connectivity index (χ0n) is 11.9. The molecule has 8 unspecified atom stereocenters. The van der Waals surface area contributed by atoms with Gasteiger partial charge >= 0.3 is 0 Å². The molecule has 0 radical (unpaired) electrons. The van der Waals surface area contributed by atoms with Crippen molar-refractivity contribution >= 4 is 70.0 Å². The number of allylic oxidation sites excluding steroid dienone is 2. The van der Waals surface area contributed by atoms with Gasteiger partial charge in [0.05, 0.1) is 0 Å². The van der Waals surface area contributed by atoms with Crippen LogP contribution in [0.4, 0.5) is 4.39 Å². The van der Waals surface area contributed by atoms with Crippen molar-refractivity contribution in [1.82, 2.24) is 10.6 Å². The minimum atomic E-state index is -2.02. The molecule has 0 spiro atoms. The monoisotopic (exact) mass is 426 g/mol. The Balaban J connectivity index is 1.74. The van der Waals surface area contributed by atoms with E-state index < -0.39 is 72.6 Å². The summed E-state index contributed by atoms with van der Waals surface area (Å²) in [5.74, 6) is -8.41. The first-order valence-electron chi connectivity index (χ1n) is 7.33. The number of carbonyl (C=O) groups excluding carboxylic acids is 4. The van der Waals surface area contributed by atoms with Crippen LogP contribution in [0.1, 0.15) is 0 Å². The summed E-state index contributed by atoms with van der Waals surface area (Å²) < 4.78 is 14.8. The minimum Gasteiger partial charge on any atom is -0.293 e. The zero-order valence-corrected chi connectivity index (χ0v) is 14.9. The first kappa shape index (κ1) is 16.3. The number of imide groups is 2. The van der Waals surface area contributed by atoms with Crippen molar-refractivity contribution < 1.29 is 23.6 Å². The predicted octanol–water partition coefficient (Wildman–Crippen LogP) is 0.569. The van der Waals surface area contributed by atoms with Gasteiger partial charge in [-0.25, -0.2) is 4.39 Å². The molecule has 6 nitrogen and oxygen atoms in total. The van der Waals surface area contributed by atoms with Crippen LogP contribution in [-0.2, 0) is 19.2 Å².